The number of nitrogens with zero attached hydrogens (tertiary/aromatic N) is 3. The predicted molar refractivity (Wildman–Crippen MR) is 102 cm³/mol. The van der Waals surface area contributed by atoms with Crippen molar-refractivity contribution < 1.29 is 9.18 Å². The monoisotopic (exact) mass is 383 g/mol. The van der Waals surface area contributed by atoms with Gasteiger partial charge in [-0.25, -0.2) is 9.07 Å². The van der Waals surface area contributed by atoms with E-state index in [-0.39, 0.29) is 23.3 Å². The number of aromatic nitrogens is 3. The van der Waals surface area contributed by atoms with Crippen LogP contribution in [0.15, 0.2) is 59.8 Å². The molecule has 1 heterocycles. The molecule has 3 N–H and O–H groups in total. The molecule has 138 valence electrons. The number of benzene rings is 2. The van der Waals surface area contributed by atoms with Crippen LogP contribution in [0.5, 0.6) is 0 Å². The summed E-state index contributed by atoms with van der Waals surface area (Å²) in [4.78, 5) is 12.8. The minimum Gasteiger partial charge on any atom is -0.352 e. The lowest BCUT2D eigenvalue weighted by Gasteiger charge is -2.16. The number of hydrogen-bond acceptors (Lipinski definition) is 5. The molecule has 1 fully saturated rings. The molecule has 1 aliphatic rings. The number of hydrogen-bond donors (Lipinski definition) is 2. The Morgan fingerprint density at radius 2 is 1.85 bits per heavy atom. The van der Waals surface area contributed by atoms with E-state index < -0.39 is 11.1 Å². The van der Waals surface area contributed by atoms with Gasteiger partial charge in [0.2, 0.25) is 11.1 Å². The average Bonchev–Trinajstić information content (AvgIpc) is 3.42. The van der Waals surface area contributed by atoms with Gasteiger partial charge >= 0.3 is 0 Å². The molecule has 1 saturated carbocycles. The van der Waals surface area contributed by atoms with Gasteiger partial charge in [-0.05, 0) is 30.5 Å². The van der Waals surface area contributed by atoms with Crippen LogP contribution in [0, 0.1) is 5.82 Å². The summed E-state index contributed by atoms with van der Waals surface area (Å²) in [5, 5.41) is 10.9. The lowest BCUT2D eigenvalue weighted by Crippen LogP contribution is -2.30. The zero-order valence-corrected chi connectivity index (χ0v) is 15.2. The van der Waals surface area contributed by atoms with Gasteiger partial charge in [0.25, 0.3) is 0 Å². The van der Waals surface area contributed by atoms with Crippen molar-refractivity contribution in [3.05, 3.63) is 66.0 Å². The maximum absolute atomic E-state index is 14.1. The largest absolute Gasteiger partial charge is 0.352 e. The zero-order valence-electron chi connectivity index (χ0n) is 14.4. The molecular weight excluding hydrogens is 365 g/mol. The van der Waals surface area contributed by atoms with Gasteiger partial charge in [0.05, 0.1) is 5.56 Å². The zero-order chi connectivity index (χ0) is 18.8. The van der Waals surface area contributed by atoms with E-state index in [0.717, 1.165) is 18.4 Å². The maximum Gasteiger partial charge on any atom is 0.238 e. The first-order chi connectivity index (χ1) is 13.1. The second-order valence-corrected chi connectivity index (χ2v) is 7.42. The Morgan fingerprint density at radius 1 is 1.15 bits per heavy atom. The number of nitrogen functional groups attached to an aromatic ring is 1. The Morgan fingerprint density at radius 3 is 2.56 bits per heavy atom. The van der Waals surface area contributed by atoms with Gasteiger partial charge in [0.1, 0.15) is 11.1 Å². The molecule has 0 radical (unpaired) electrons. The highest BCUT2D eigenvalue weighted by Gasteiger charge is 2.30. The first kappa shape index (κ1) is 17.5. The summed E-state index contributed by atoms with van der Waals surface area (Å²) in [6.45, 7) is 0. The number of carbonyl (C=O) groups excluding carboxylic acids is 1. The summed E-state index contributed by atoms with van der Waals surface area (Å²) in [7, 11) is 0. The minimum absolute atomic E-state index is 0.0934. The standard InChI is InChI=1S/C19H18FN5OS/c20-15-9-5-4-8-14(15)17-23-24-19(25(17)21)27-16(12-6-2-1-3-7-12)18(26)22-13-10-11-13/h1-9,13,16H,10-11,21H2,(H,22,26). The predicted octanol–water partition coefficient (Wildman–Crippen LogP) is 2.91. The maximum atomic E-state index is 14.1. The summed E-state index contributed by atoms with van der Waals surface area (Å²) < 4.78 is 15.3. The van der Waals surface area contributed by atoms with Crippen LogP contribution in [0.3, 0.4) is 0 Å². The van der Waals surface area contributed by atoms with E-state index in [4.69, 9.17) is 5.84 Å². The molecule has 2 aromatic carbocycles. The third-order valence-electron chi connectivity index (χ3n) is 4.27. The number of nitrogens with two attached hydrogens (primary N) is 1. The van der Waals surface area contributed by atoms with E-state index in [1.807, 2.05) is 30.3 Å². The van der Waals surface area contributed by atoms with Gasteiger partial charge in [-0.15, -0.1) is 10.2 Å². The molecular formula is C19H18FN5OS. The lowest BCUT2D eigenvalue weighted by atomic mass is 10.1. The van der Waals surface area contributed by atoms with Gasteiger partial charge in [-0.3, -0.25) is 4.79 Å². The van der Waals surface area contributed by atoms with Crippen LogP contribution >= 0.6 is 11.8 Å². The Balaban J connectivity index is 1.63. The molecule has 27 heavy (non-hydrogen) atoms. The first-order valence-corrected chi connectivity index (χ1v) is 9.49. The van der Waals surface area contributed by atoms with E-state index in [0.29, 0.717) is 5.16 Å². The molecule has 3 aromatic rings. The van der Waals surface area contributed by atoms with Crippen molar-refractivity contribution in [1.82, 2.24) is 20.2 Å². The molecule has 6 nitrogen and oxygen atoms in total. The summed E-state index contributed by atoms with van der Waals surface area (Å²) in [5.74, 6) is 5.81. The lowest BCUT2D eigenvalue weighted by molar-refractivity contribution is -0.120. The van der Waals surface area contributed by atoms with Gasteiger partial charge in [0.15, 0.2) is 5.82 Å². The number of nitrogens with one attached hydrogen (secondary N) is 1. The van der Waals surface area contributed by atoms with Crippen LogP contribution in [0.2, 0.25) is 0 Å². The average molecular weight is 383 g/mol. The van der Waals surface area contributed by atoms with E-state index in [9.17, 15) is 9.18 Å². The highest BCUT2D eigenvalue weighted by molar-refractivity contribution is 8.00. The van der Waals surface area contributed by atoms with Crippen LogP contribution in [0.25, 0.3) is 11.4 Å². The van der Waals surface area contributed by atoms with Crippen LogP contribution in [0.1, 0.15) is 23.7 Å². The molecule has 0 saturated heterocycles. The quantitative estimate of drug-likeness (QED) is 0.505. The van der Waals surface area contributed by atoms with Gasteiger partial charge in [-0.1, -0.05) is 54.2 Å². The molecule has 1 aromatic heterocycles. The Hall–Kier alpha value is -2.87. The van der Waals surface area contributed by atoms with Crippen molar-refractivity contribution in [2.45, 2.75) is 29.3 Å². The van der Waals surface area contributed by atoms with Gasteiger partial charge < -0.3 is 11.2 Å². The van der Waals surface area contributed by atoms with Crippen LogP contribution in [-0.4, -0.2) is 26.8 Å². The van der Waals surface area contributed by atoms with E-state index in [1.165, 1.54) is 22.5 Å². The summed E-state index contributed by atoms with van der Waals surface area (Å²) in [5.41, 5.74) is 1.11. The summed E-state index contributed by atoms with van der Waals surface area (Å²) in [6, 6.07) is 15.9. The highest BCUT2D eigenvalue weighted by Crippen LogP contribution is 2.36. The fourth-order valence-corrected chi connectivity index (χ4v) is 3.66. The van der Waals surface area contributed by atoms with E-state index >= 15 is 0 Å². The molecule has 8 heteroatoms. The van der Waals surface area contributed by atoms with Crippen LogP contribution in [-0.2, 0) is 4.79 Å². The second-order valence-electron chi connectivity index (χ2n) is 6.35. The van der Waals surface area contributed by atoms with E-state index in [2.05, 4.69) is 15.5 Å². The Kier molecular flexibility index (Phi) is 4.81. The number of amides is 1. The summed E-state index contributed by atoms with van der Waals surface area (Å²) in [6.07, 6.45) is 2.00. The second kappa shape index (κ2) is 7.40. The van der Waals surface area contributed by atoms with Crippen LogP contribution in [0.4, 0.5) is 4.39 Å². The summed E-state index contributed by atoms with van der Waals surface area (Å²) >= 11 is 1.20. The normalized spacial score (nSPS) is 14.7. The van der Waals surface area contributed by atoms with Crippen molar-refractivity contribution in [3.8, 4) is 11.4 Å². The molecule has 4 rings (SSSR count). The molecule has 1 unspecified atom stereocenters. The SMILES string of the molecule is Nn1c(SC(C(=O)NC2CC2)c2ccccc2)nnc1-c1ccccc1F. The minimum atomic E-state index is -0.522. The molecule has 1 atom stereocenters. The third kappa shape index (κ3) is 3.80. The number of thioether (sulfide) groups is 1. The number of halogens is 1. The Bertz CT molecular complexity index is 958. The van der Waals surface area contributed by atoms with Gasteiger partial charge in [-0.2, -0.15) is 0 Å². The van der Waals surface area contributed by atoms with Crippen molar-refractivity contribution in [2.75, 3.05) is 5.84 Å². The molecule has 0 aliphatic heterocycles. The number of rotatable bonds is 6. The van der Waals surface area contributed by atoms with Crippen molar-refractivity contribution in [2.24, 2.45) is 0 Å². The molecule has 0 spiro atoms. The Labute approximate surface area is 160 Å². The van der Waals surface area contributed by atoms with Gasteiger partial charge in [0, 0.05) is 6.04 Å². The fraction of sp³-hybridized carbons (Fsp3) is 0.211. The fourth-order valence-electron chi connectivity index (χ4n) is 2.69. The highest BCUT2D eigenvalue weighted by atomic mass is 32.2. The van der Waals surface area contributed by atoms with Crippen LogP contribution < -0.4 is 11.2 Å². The smallest absolute Gasteiger partial charge is 0.238 e. The van der Waals surface area contributed by atoms with E-state index in [1.54, 1.807) is 18.2 Å². The first-order valence-electron chi connectivity index (χ1n) is 8.61. The number of carbonyl (C=O) groups is 1. The molecule has 0 bridgehead atoms. The topological polar surface area (TPSA) is 85.8 Å². The third-order valence-corrected chi connectivity index (χ3v) is 5.48. The molecule has 1 aliphatic carbocycles. The van der Waals surface area contributed by atoms with Crippen molar-refractivity contribution >= 4 is 17.7 Å². The van der Waals surface area contributed by atoms with Crippen molar-refractivity contribution in [3.63, 3.8) is 0 Å². The molecule has 1 amide bonds. The van der Waals surface area contributed by atoms with Crippen molar-refractivity contribution in [1.29, 1.82) is 0 Å².